The van der Waals surface area contributed by atoms with Crippen LogP contribution in [0.4, 0.5) is 4.79 Å². The van der Waals surface area contributed by atoms with Gasteiger partial charge in [-0.2, -0.15) is 0 Å². The quantitative estimate of drug-likeness (QED) is 0.500. The maximum Gasteiger partial charge on any atom is 0.410 e. The number of benzene rings is 2. The zero-order valence-electron chi connectivity index (χ0n) is 17.9. The second-order valence-corrected chi connectivity index (χ2v) is 8.67. The molecule has 3 aromatic rings. The Labute approximate surface area is 187 Å². The van der Waals surface area contributed by atoms with Crippen LogP contribution in [-0.4, -0.2) is 34.0 Å². The molecular weight excluding hydrogens is 404 g/mol. The molecule has 6 nitrogen and oxygen atoms in total. The van der Waals surface area contributed by atoms with E-state index in [-0.39, 0.29) is 36.5 Å². The molecule has 2 aliphatic heterocycles. The van der Waals surface area contributed by atoms with Crippen LogP contribution in [0.15, 0.2) is 71.4 Å². The van der Waals surface area contributed by atoms with Crippen molar-refractivity contribution in [3.05, 3.63) is 78.0 Å². The van der Waals surface area contributed by atoms with Gasteiger partial charge >= 0.3 is 6.09 Å². The summed E-state index contributed by atoms with van der Waals surface area (Å²) in [5, 5.41) is 3.73. The van der Waals surface area contributed by atoms with E-state index in [4.69, 9.17) is 9.26 Å². The molecule has 2 aliphatic rings. The molecule has 1 amide bonds. The van der Waals surface area contributed by atoms with Gasteiger partial charge in [0.15, 0.2) is 11.5 Å². The van der Waals surface area contributed by atoms with Gasteiger partial charge in [0.2, 0.25) is 0 Å². The molecule has 0 aliphatic carbocycles. The Morgan fingerprint density at radius 3 is 2.34 bits per heavy atom. The summed E-state index contributed by atoms with van der Waals surface area (Å²) >= 11 is 0. The number of aromatic nitrogens is 1. The second-order valence-electron chi connectivity index (χ2n) is 8.67. The molecule has 3 heterocycles. The monoisotopic (exact) mass is 430 g/mol. The lowest BCUT2D eigenvalue weighted by Crippen LogP contribution is -2.55. The zero-order valence-corrected chi connectivity index (χ0v) is 17.9. The topological polar surface area (TPSA) is 72.6 Å². The molecule has 164 valence electrons. The van der Waals surface area contributed by atoms with Crippen molar-refractivity contribution in [2.24, 2.45) is 5.92 Å². The van der Waals surface area contributed by atoms with E-state index in [1.54, 1.807) is 12.3 Å². The van der Waals surface area contributed by atoms with Crippen LogP contribution < -0.4 is 0 Å². The fourth-order valence-corrected chi connectivity index (χ4v) is 5.09. The van der Waals surface area contributed by atoms with Gasteiger partial charge in [-0.05, 0) is 37.7 Å². The number of ketones is 1. The van der Waals surface area contributed by atoms with E-state index in [1.807, 2.05) is 59.5 Å². The Balaban J connectivity index is 1.24. The van der Waals surface area contributed by atoms with Gasteiger partial charge in [-0.25, -0.2) is 4.79 Å². The second kappa shape index (κ2) is 8.99. The summed E-state index contributed by atoms with van der Waals surface area (Å²) in [5.41, 5.74) is 2.58. The summed E-state index contributed by atoms with van der Waals surface area (Å²) in [6.45, 7) is 0.273. The van der Waals surface area contributed by atoms with Crippen LogP contribution in [0.25, 0.3) is 11.3 Å². The van der Waals surface area contributed by atoms with Crippen molar-refractivity contribution >= 4 is 11.9 Å². The van der Waals surface area contributed by atoms with Crippen molar-refractivity contribution in [3.63, 3.8) is 0 Å². The first kappa shape index (κ1) is 20.5. The van der Waals surface area contributed by atoms with Crippen molar-refractivity contribution < 1.29 is 18.8 Å². The molecule has 2 saturated heterocycles. The molecule has 2 unspecified atom stereocenters. The maximum absolute atomic E-state index is 13.2. The van der Waals surface area contributed by atoms with Crippen LogP contribution in [0.1, 0.15) is 48.0 Å². The average molecular weight is 431 g/mol. The smallest absolute Gasteiger partial charge is 0.410 e. The lowest BCUT2D eigenvalue weighted by molar-refractivity contribution is 0.00473. The lowest BCUT2D eigenvalue weighted by atomic mass is 9.76. The Bertz CT molecular complexity index is 1050. The van der Waals surface area contributed by atoms with Crippen molar-refractivity contribution in [2.45, 2.75) is 50.8 Å². The van der Waals surface area contributed by atoms with Crippen LogP contribution >= 0.6 is 0 Å². The highest BCUT2D eigenvalue weighted by Gasteiger charge is 2.43. The highest BCUT2D eigenvalue weighted by atomic mass is 16.6. The number of carbonyl (C=O) groups excluding carboxylic acids is 2. The van der Waals surface area contributed by atoms with Crippen LogP contribution in [0.3, 0.4) is 0 Å². The zero-order chi connectivity index (χ0) is 21.9. The number of hydrogen-bond acceptors (Lipinski definition) is 5. The number of fused-ring (bicyclic) bond motifs is 2. The van der Waals surface area contributed by atoms with E-state index in [1.165, 1.54) is 0 Å². The third-order valence-corrected chi connectivity index (χ3v) is 6.65. The Morgan fingerprint density at radius 2 is 1.69 bits per heavy atom. The molecule has 2 atom stereocenters. The summed E-state index contributed by atoms with van der Waals surface area (Å²) in [6.07, 6.45) is 5.66. The maximum atomic E-state index is 13.2. The van der Waals surface area contributed by atoms with Gasteiger partial charge in [0, 0.05) is 35.2 Å². The molecule has 2 fully saturated rings. The number of nitrogens with zero attached hydrogens (tertiary/aromatic N) is 2. The number of hydrogen-bond donors (Lipinski definition) is 0. The third kappa shape index (κ3) is 4.17. The van der Waals surface area contributed by atoms with E-state index in [0.717, 1.165) is 30.4 Å². The summed E-state index contributed by atoms with van der Waals surface area (Å²) in [6, 6.07) is 19.1. The molecule has 0 N–H and O–H groups in total. The largest absolute Gasteiger partial charge is 0.445 e. The Hall–Kier alpha value is -3.41. The van der Waals surface area contributed by atoms with Crippen LogP contribution in [0.2, 0.25) is 0 Å². The van der Waals surface area contributed by atoms with Gasteiger partial charge < -0.3 is 14.2 Å². The highest BCUT2D eigenvalue weighted by molar-refractivity contribution is 5.98. The van der Waals surface area contributed by atoms with Gasteiger partial charge in [0.25, 0.3) is 0 Å². The molecular formula is C26H26N2O4. The number of amides is 1. The fourth-order valence-electron chi connectivity index (χ4n) is 5.09. The van der Waals surface area contributed by atoms with Crippen LogP contribution in [0, 0.1) is 5.92 Å². The molecule has 5 rings (SSSR count). The number of piperidine rings is 2. The van der Waals surface area contributed by atoms with Crippen molar-refractivity contribution in [2.75, 3.05) is 0 Å². The standard InChI is InChI=1S/C26H26N2O4/c29-25(20-11-9-19(10-12-20)24-13-14-27-32-24)21-15-22-7-4-8-23(16-21)28(22)26(30)31-17-18-5-2-1-3-6-18/h1-3,5-6,9-14,21-23H,4,7-8,15-17H2. The SMILES string of the molecule is O=C(c1ccc(-c2ccno2)cc1)C1CC2CCCC(C1)N2C(=O)OCc1ccccc1. The number of ether oxygens (including phenoxy) is 1. The van der Waals surface area contributed by atoms with Gasteiger partial charge in [0.1, 0.15) is 6.61 Å². The molecule has 2 bridgehead atoms. The molecule has 0 saturated carbocycles. The average Bonchev–Trinajstić information content (AvgIpc) is 3.37. The van der Waals surface area contributed by atoms with Gasteiger partial charge in [-0.1, -0.05) is 59.8 Å². The van der Waals surface area contributed by atoms with E-state index < -0.39 is 0 Å². The third-order valence-electron chi connectivity index (χ3n) is 6.65. The normalized spacial score (nSPS) is 22.4. The highest BCUT2D eigenvalue weighted by Crippen LogP contribution is 2.39. The van der Waals surface area contributed by atoms with Crippen molar-refractivity contribution in [1.29, 1.82) is 0 Å². The van der Waals surface area contributed by atoms with Crippen molar-refractivity contribution in [3.8, 4) is 11.3 Å². The fraction of sp³-hybridized carbons (Fsp3) is 0.346. The van der Waals surface area contributed by atoms with Gasteiger partial charge in [-0.3, -0.25) is 4.79 Å². The van der Waals surface area contributed by atoms with Crippen molar-refractivity contribution in [1.82, 2.24) is 10.1 Å². The van der Waals surface area contributed by atoms with E-state index >= 15 is 0 Å². The van der Waals surface area contributed by atoms with E-state index in [2.05, 4.69) is 5.16 Å². The summed E-state index contributed by atoms with van der Waals surface area (Å²) < 4.78 is 10.8. The first-order chi connectivity index (χ1) is 15.7. The van der Waals surface area contributed by atoms with Gasteiger partial charge in [-0.15, -0.1) is 0 Å². The first-order valence-corrected chi connectivity index (χ1v) is 11.2. The molecule has 0 spiro atoms. The number of rotatable bonds is 5. The number of carbonyl (C=O) groups is 2. The van der Waals surface area contributed by atoms with Gasteiger partial charge in [0.05, 0.1) is 6.20 Å². The minimum atomic E-state index is -0.258. The van der Waals surface area contributed by atoms with Crippen LogP contribution in [0.5, 0.6) is 0 Å². The number of Topliss-reactive ketones (excluding diaryl/α,β-unsaturated/α-hetero) is 1. The Morgan fingerprint density at radius 1 is 0.969 bits per heavy atom. The lowest BCUT2D eigenvalue weighted by Gasteiger charge is -2.47. The molecule has 6 heteroatoms. The van der Waals surface area contributed by atoms with E-state index in [9.17, 15) is 9.59 Å². The Kier molecular flexibility index (Phi) is 5.75. The summed E-state index contributed by atoms with van der Waals surface area (Å²) in [7, 11) is 0. The predicted molar refractivity (Wildman–Crippen MR) is 119 cm³/mol. The van der Waals surface area contributed by atoms with Crippen LogP contribution in [-0.2, 0) is 11.3 Å². The minimum absolute atomic E-state index is 0.0631. The first-order valence-electron chi connectivity index (χ1n) is 11.2. The molecule has 2 aromatic carbocycles. The molecule has 0 radical (unpaired) electrons. The minimum Gasteiger partial charge on any atom is -0.445 e. The predicted octanol–water partition coefficient (Wildman–Crippen LogP) is 5.49. The summed E-state index contributed by atoms with van der Waals surface area (Å²) in [4.78, 5) is 28.0. The van der Waals surface area contributed by atoms with E-state index in [0.29, 0.717) is 24.2 Å². The molecule has 32 heavy (non-hydrogen) atoms. The molecule has 1 aromatic heterocycles. The summed E-state index contributed by atoms with van der Waals surface area (Å²) in [5.74, 6) is 0.767.